The first-order valence-corrected chi connectivity index (χ1v) is 4.88. The molecule has 5 heteroatoms. The summed E-state index contributed by atoms with van der Waals surface area (Å²) >= 11 is 1.99. The van der Waals surface area contributed by atoms with Crippen LogP contribution >= 0.6 is 22.6 Å². The molecule has 0 unspecified atom stereocenters. The van der Waals surface area contributed by atoms with Crippen LogP contribution in [0, 0.1) is 3.57 Å². The lowest BCUT2D eigenvalue weighted by Crippen LogP contribution is -1.98. The largest absolute Gasteiger partial charge is 0.507 e. The summed E-state index contributed by atoms with van der Waals surface area (Å²) in [7, 11) is 0. The molecule has 0 radical (unpaired) electrons. The summed E-state index contributed by atoms with van der Waals surface area (Å²) in [6.07, 6.45) is 0. The zero-order chi connectivity index (χ0) is 10.3. The van der Waals surface area contributed by atoms with Crippen LogP contribution in [0.1, 0.15) is 0 Å². The number of nitrogens with two attached hydrogens (primary N) is 1. The third kappa shape index (κ3) is 1.33. The van der Waals surface area contributed by atoms with Crippen LogP contribution < -0.4 is 11.4 Å². The summed E-state index contributed by atoms with van der Waals surface area (Å²) in [5, 5.41) is 10.0. The molecule has 0 saturated carbocycles. The van der Waals surface area contributed by atoms with Gasteiger partial charge in [-0.2, -0.15) is 0 Å². The molecule has 72 valence electrons. The third-order valence-electron chi connectivity index (χ3n) is 1.85. The molecule has 1 heterocycles. The number of hydrogen-bond acceptors (Lipinski definition) is 4. The number of aromatic hydroxyl groups is 1. The number of fused-ring (bicyclic) bond motifs is 1. The van der Waals surface area contributed by atoms with E-state index in [1.807, 2.05) is 22.6 Å². The van der Waals surface area contributed by atoms with Crippen molar-refractivity contribution in [2.45, 2.75) is 0 Å². The summed E-state index contributed by atoms with van der Waals surface area (Å²) in [6, 6.07) is 4.23. The summed E-state index contributed by atoms with van der Waals surface area (Å²) in [6.45, 7) is 0. The van der Waals surface area contributed by atoms with Crippen molar-refractivity contribution >= 4 is 39.2 Å². The highest BCUT2D eigenvalue weighted by Crippen LogP contribution is 2.30. The van der Waals surface area contributed by atoms with Crippen molar-refractivity contribution in [1.29, 1.82) is 0 Å². The quantitative estimate of drug-likeness (QED) is 0.441. The van der Waals surface area contributed by atoms with Gasteiger partial charge in [0.25, 0.3) is 0 Å². The Morgan fingerprint density at radius 1 is 1.43 bits per heavy atom. The molecule has 3 N–H and O–H groups in total. The molecule has 0 bridgehead atoms. The van der Waals surface area contributed by atoms with E-state index in [2.05, 4.69) is 0 Å². The molecular weight excluding hydrogens is 297 g/mol. The van der Waals surface area contributed by atoms with Gasteiger partial charge < -0.3 is 15.3 Å². The van der Waals surface area contributed by atoms with Crippen LogP contribution in [0.5, 0.6) is 5.75 Å². The Morgan fingerprint density at radius 3 is 2.86 bits per heavy atom. The van der Waals surface area contributed by atoms with Gasteiger partial charge >= 0.3 is 5.63 Å². The Kier molecular flexibility index (Phi) is 2.10. The van der Waals surface area contributed by atoms with Gasteiger partial charge in [-0.25, -0.2) is 4.79 Å². The maximum Gasteiger partial charge on any atom is 0.339 e. The maximum absolute atomic E-state index is 10.9. The Balaban J connectivity index is 3.03. The lowest BCUT2D eigenvalue weighted by Gasteiger charge is -2.03. The van der Waals surface area contributed by atoms with E-state index >= 15 is 0 Å². The first kappa shape index (κ1) is 9.32. The van der Waals surface area contributed by atoms with Crippen LogP contribution in [0.15, 0.2) is 27.4 Å². The first-order valence-electron chi connectivity index (χ1n) is 3.80. The van der Waals surface area contributed by atoms with Crippen molar-refractivity contribution in [2.75, 3.05) is 5.73 Å². The third-order valence-corrected chi connectivity index (χ3v) is 3.02. The smallest absolute Gasteiger partial charge is 0.339 e. The minimum Gasteiger partial charge on any atom is -0.507 e. The predicted molar refractivity (Wildman–Crippen MR) is 61.3 cm³/mol. The molecule has 0 aliphatic rings. The average Bonchev–Trinajstić information content (AvgIpc) is 2.10. The van der Waals surface area contributed by atoms with Gasteiger partial charge in [0.2, 0.25) is 0 Å². The van der Waals surface area contributed by atoms with Crippen molar-refractivity contribution in [2.24, 2.45) is 0 Å². The topological polar surface area (TPSA) is 76.5 Å². The number of benzene rings is 1. The van der Waals surface area contributed by atoms with Crippen LogP contribution in [0.3, 0.4) is 0 Å². The fourth-order valence-corrected chi connectivity index (χ4v) is 1.94. The van der Waals surface area contributed by atoms with E-state index in [-0.39, 0.29) is 5.75 Å². The van der Waals surface area contributed by atoms with Crippen LogP contribution in [0.2, 0.25) is 0 Å². The van der Waals surface area contributed by atoms with Gasteiger partial charge in [-0.15, -0.1) is 0 Å². The van der Waals surface area contributed by atoms with E-state index in [9.17, 15) is 9.90 Å². The lowest BCUT2D eigenvalue weighted by atomic mass is 10.2. The molecule has 4 nitrogen and oxygen atoms in total. The zero-order valence-corrected chi connectivity index (χ0v) is 9.11. The monoisotopic (exact) mass is 303 g/mol. The summed E-state index contributed by atoms with van der Waals surface area (Å²) in [5.41, 5.74) is 5.97. The molecule has 0 aliphatic heterocycles. The molecule has 2 rings (SSSR count). The number of rotatable bonds is 0. The minimum absolute atomic E-state index is 0.104. The van der Waals surface area contributed by atoms with Crippen LogP contribution in [0.25, 0.3) is 11.0 Å². The van der Waals surface area contributed by atoms with Crippen LogP contribution in [0.4, 0.5) is 5.69 Å². The second kappa shape index (κ2) is 3.16. The normalized spacial score (nSPS) is 10.6. The molecule has 0 saturated heterocycles. The van der Waals surface area contributed by atoms with Crippen LogP contribution in [-0.2, 0) is 0 Å². The number of halogens is 1. The molecule has 14 heavy (non-hydrogen) atoms. The Bertz CT molecular complexity index is 562. The van der Waals surface area contributed by atoms with Crippen molar-refractivity contribution < 1.29 is 9.52 Å². The van der Waals surface area contributed by atoms with Gasteiger partial charge in [-0.1, -0.05) is 0 Å². The minimum atomic E-state index is -0.574. The molecule has 0 atom stereocenters. The van der Waals surface area contributed by atoms with Gasteiger partial charge in [0.1, 0.15) is 11.3 Å². The molecule has 0 aliphatic carbocycles. The summed E-state index contributed by atoms with van der Waals surface area (Å²) in [4.78, 5) is 10.9. The van der Waals surface area contributed by atoms with Crippen molar-refractivity contribution in [3.8, 4) is 5.75 Å². The molecule has 2 aromatic rings. The number of nitrogen functional groups attached to an aromatic ring is 1. The van der Waals surface area contributed by atoms with Gasteiger partial charge in [0.15, 0.2) is 0 Å². The first-order chi connectivity index (χ1) is 6.59. The Labute approximate surface area is 92.5 Å². The van der Waals surface area contributed by atoms with E-state index < -0.39 is 5.63 Å². The standard InChI is InChI=1S/C9H6INO3/c10-9-4(11)1-2-6-8(9)5(12)3-7(13)14-6/h1-3,12H,11H2. The second-order valence-electron chi connectivity index (χ2n) is 2.79. The molecule has 0 amide bonds. The Hall–Kier alpha value is -1.24. The van der Waals surface area contributed by atoms with Gasteiger partial charge in [-0.3, -0.25) is 0 Å². The van der Waals surface area contributed by atoms with Gasteiger partial charge in [-0.05, 0) is 34.7 Å². The fraction of sp³-hybridized carbons (Fsp3) is 0. The van der Waals surface area contributed by atoms with E-state index in [4.69, 9.17) is 10.2 Å². The molecular formula is C9H6INO3. The van der Waals surface area contributed by atoms with E-state index in [1.54, 1.807) is 12.1 Å². The van der Waals surface area contributed by atoms with Crippen molar-refractivity contribution in [1.82, 2.24) is 0 Å². The summed E-state index contributed by atoms with van der Waals surface area (Å²) in [5.74, 6) is -0.104. The Morgan fingerprint density at radius 2 is 2.14 bits per heavy atom. The summed E-state index contributed by atoms with van der Waals surface area (Å²) < 4.78 is 5.58. The van der Waals surface area contributed by atoms with Gasteiger partial charge in [0.05, 0.1) is 15.0 Å². The lowest BCUT2D eigenvalue weighted by molar-refractivity contribution is 0.468. The SMILES string of the molecule is Nc1ccc2oc(=O)cc(O)c2c1I. The number of anilines is 1. The number of hydrogen-bond donors (Lipinski definition) is 2. The molecule has 1 aromatic heterocycles. The van der Waals surface area contributed by atoms with E-state index in [1.165, 1.54) is 0 Å². The van der Waals surface area contributed by atoms with E-state index in [0.29, 0.717) is 20.2 Å². The maximum atomic E-state index is 10.9. The van der Waals surface area contributed by atoms with E-state index in [0.717, 1.165) is 6.07 Å². The zero-order valence-electron chi connectivity index (χ0n) is 6.95. The molecule has 1 aromatic carbocycles. The second-order valence-corrected chi connectivity index (χ2v) is 3.87. The molecule has 0 fully saturated rings. The van der Waals surface area contributed by atoms with Crippen molar-refractivity contribution in [3.05, 3.63) is 32.2 Å². The average molecular weight is 303 g/mol. The van der Waals surface area contributed by atoms with Crippen LogP contribution in [-0.4, -0.2) is 5.11 Å². The van der Waals surface area contributed by atoms with Crippen molar-refractivity contribution in [3.63, 3.8) is 0 Å². The predicted octanol–water partition coefficient (Wildman–Crippen LogP) is 1.69. The highest BCUT2D eigenvalue weighted by Gasteiger charge is 2.09. The highest BCUT2D eigenvalue weighted by atomic mass is 127. The van der Waals surface area contributed by atoms with Gasteiger partial charge in [0, 0.05) is 5.69 Å². The fourth-order valence-electron chi connectivity index (χ4n) is 1.22. The molecule has 0 spiro atoms. The highest BCUT2D eigenvalue weighted by molar-refractivity contribution is 14.1.